The molecule has 0 N–H and O–H groups in total. The van der Waals surface area contributed by atoms with E-state index >= 15 is 0 Å². The molecule has 1 aromatic rings. The van der Waals surface area contributed by atoms with E-state index in [2.05, 4.69) is 0 Å². The number of rotatable bonds is 3. The highest BCUT2D eigenvalue weighted by Gasteiger charge is 2.26. The van der Waals surface area contributed by atoms with Crippen molar-refractivity contribution in [3.05, 3.63) is 23.1 Å². The van der Waals surface area contributed by atoms with Gasteiger partial charge in [-0.25, -0.2) is 0 Å². The molecule has 0 aromatic carbocycles. The maximum atomic E-state index is 12.2. The number of hydrogen-bond acceptors (Lipinski definition) is 3. The molecule has 1 saturated heterocycles. The highest BCUT2D eigenvalue weighted by molar-refractivity contribution is 6.32. The van der Waals surface area contributed by atoms with Crippen LogP contribution >= 0.6 is 11.6 Å². The third-order valence-corrected chi connectivity index (χ3v) is 3.21. The lowest BCUT2D eigenvalue weighted by Gasteiger charge is -2.32. The van der Waals surface area contributed by atoms with Gasteiger partial charge in [0.2, 0.25) is 5.22 Å². The molecule has 2 rings (SSSR count). The van der Waals surface area contributed by atoms with E-state index in [0.29, 0.717) is 18.7 Å². The summed E-state index contributed by atoms with van der Waals surface area (Å²) in [5.41, 5.74) is 0.434. The number of halogens is 1. The molecule has 94 valence electrons. The van der Waals surface area contributed by atoms with Crippen molar-refractivity contribution >= 4 is 17.5 Å². The Kier molecular flexibility index (Phi) is 4.07. The Balaban J connectivity index is 2.02. The standard InChI is InChI=1S/C12H16ClNO3/c1-2-16-9-4-3-6-14(8-9)12(15)10-5-7-17-11(10)13/h5,7,9H,2-4,6,8H2,1H3. The van der Waals surface area contributed by atoms with E-state index in [-0.39, 0.29) is 17.2 Å². The molecule has 0 radical (unpaired) electrons. The minimum Gasteiger partial charge on any atom is -0.452 e. The Labute approximate surface area is 105 Å². The minimum absolute atomic E-state index is 0.0758. The third-order valence-electron chi connectivity index (χ3n) is 2.92. The lowest BCUT2D eigenvalue weighted by molar-refractivity contribution is 0.00722. The molecule has 0 bridgehead atoms. The first kappa shape index (κ1) is 12.5. The van der Waals surface area contributed by atoms with Crippen molar-refractivity contribution in [1.29, 1.82) is 0 Å². The van der Waals surface area contributed by atoms with Crippen molar-refractivity contribution in [3.63, 3.8) is 0 Å². The summed E-state index contributed by atoms with van der Waals surface area (Å²) < 4.78 is 10.5. The molecule has 1 aliphatic rings. The molecule has 1 fully saturated rings. The van der Waals surface area contributed by atoms with Crippen molar-refractivity contribution < 1.29 is 13.9 Å². The number of likely N-dealkylation sites (tertiary alicyclic amines) is 1. The largest absolute Gasteiger partial charge is 0.452 e. The molecule has 1 atom stereocenters. The summed E-state index contributed by atoms with van der Waals surface area (Å²) in [7, 11) is 0. The fourth-order valence-electron chi connectivity index (χ4n) is 2.11. The molecular weight excluding hydrogens is 242 g/mol. The molecule has 0 spiro atoms. The molecule has 4 nitrogen and oxygen atoms in total. The maximum Gasteiger partial charge on any atom is 0.258 e. The molecule has 1 aromatic heterocycles. The maximum absolute atomic E-state index is 12.2. The fourth-order valence-corrected chi connectivity index (χ4v) is 2.31. The van der Waals surface area contributed by atoms with Crippen LogP contribution in [0.5, 0.6) is 0 Å². The van der Waals surface area contributed by atoms with Gasteiger partial charge in [0.05, 0.1) is 17.9 Å². The summed E-state index contributed by atoms with van der Waals surface area (Å²) in [6.07, 6.45) is 3.55. The first-order valence-electron chi connectivity index (χ1n) is 5.86. The zero-order valence-electron chi connectivity index (χ0n) is 9.82. The monoisotopic (exact) mass is 257 g/mol. The molecule has 2 heterocycles. The highest BCUT2D eigenvalue weighted by atomic mass is 35.5. The number of nitrogens with zero attached hydrogens (tertiary/aromatic N) is 1. The topological polar surface area (TPSA) is 42.7 Å². The Bertz CT molecular complexity index is 389. The first-order chi connectivity index (χ1) is 8.22. The number of carbonyl (C=O) groups excluding carboxylic acids is 1. The van der Waals surface area contributed by atoms with Crippen molar-refractivity contribution in [2.75, 3.05) is 19.7 Å². The van der Waals surface area contributed by atoms with Crippen molar-refractivity contribution in [2.45, 2.75) is 25.9 Å². The number of amides is 1. The second-order valence-electron chi connectivity index (χ2n) is 4.08. The van der Waals surface area contributed by atoms with E-state index in [1.54, 1.807) is 11.0 Å². The van der Waals surface area contributed by atoms with E-state index in [4.69, 9.17) is 20.8 Å². The predicted molar refractivity (Wildman–Crippen MR) is 64.3 cm³/mol. The number of ether oxygens (including phenoxy) is 1. The van der Waals surface area contributed by atoms with E-state index < -0.39 is 0 Å². The van der Waals surface area contributed by atoms with Crippen LogP contribution in [-0.4, -0.2) is 36.6 Å². The molecule has 17 heavy (non-hydrogen) atoms. The van der Waals surface area contributed by atoms with Gasteiger partial charge in [-0.1, -0.05) is 0 Å². The van der Waals surface area contributed by atoms with Crippen molar-refractivity contribution in [1.82, 2.24) is 4.90 Å². The zero-order chi connectivity index (χ0) is 12.3. The van der Waals surface area contributed by atoms with Gasteiger partial charge >= 0.3 is 0 Å². The normalized spacial score (nSPS) is 20.6. The van der Waals surface area contributed by atoms with Crippen LogP contribution in [0, 0.1) is 0 Å². The average Bonchev–Trinajstić information content (AvgIpc) is 2.75. The fraction of sp³-hybridized carbons (Fsp3) is 0.583. The van der Waals surface area contributed by atoms with Crippen LogP contribution in [0.2, 0.25) is 5.22 Å². The summed E-state index contributed by atoms with van der Waals surface area (Å²) in [6, 6.07) is 1.61. The van der Waals surface area contributed by atoms with E-state index in [1.807, 2.05) is 6.92 Å². The van der Waals surface area contributed by atoms with Gasteiger partial charge in [0.1, 0.15) is 0 Å². The quantitative estimate of drug-likeness (QED) is 0.836. The lowest BCUT2D eigenvalue weighted by atomic mass is 10.1. The first-order valence-corrected chi connectivity index (χ1v) is 6.24. The van der Waals surface area contributed by atoms with Crippen LogP contribution in [0.4, 0.5) is 0 Å². The smallest absolute Gasteiger partial charge is 0.258 e. The van der Waals surface area contributed by atoms with Crippen LogP contribution in [0.25, 0.3) is 0 Å². The molecule has 5 heteroatoms. The Morgan fingerprint density at radius 2 is 2.53 bits per heavy atom. The molecule has 0 saturated carbocycles. The molecule has 1 aliphatic heterocycles. The van der Waals surface area contributed by atoms with Gasteiger partial charge in [0, 0.05) is 19.7 Å². The molecule has 0 aliphatic carbocycles. The molecular formula is C12H16ClNO3. The Hall–Kier alpha value is -1.00. The molecule has 1 amide bonds. The van der Waals surface area contributed by atoms with Crippen LogP contribution in [0.1, 0.15) is 30.1 Å². The number of carbonyl (C=O) groups is 1. The van der Waals surface area contributed by atoms with Crippen molar-refractivity contribution in [2.24, 2.45) is 0 Å². The van der Waals surface area contributed by atoms with Gasteiger partial charge in [-0.05, 0) is 37.4 Å². The summed E-state index contributed by atoms with van der Waals surface area (Å²) in [6.45, 7) is 4.03. The second-order valence-corrected chi connectivity index (χ2v) is 4.42. The average molecular weight is 258 g/mol. The van der Waals surface area contributed by atoms with Crippen LogP contribution < -0.4 is 0 Å². The van der Waals surface area contributed by atoms with Crippen LogP contribution in [0.3, 0.4) is 0 Å². The zero-order valence-corrected chi connectivity index (χ0v) is 10.6. The van der Waals surface area contributed by atoms with Crippen LogP contribution in [0.15, 0.2) is 16.7 Å². The van der Waals surface area contributed by atoms with Gasteiger partial charge in [-0.3, -0.25) is 4.79 Å². The van der Waals surface area contributed by atoms with Crippen LogP contribution in [-0.2, 0) is 4.74 Å². The SMILES string of the molecule is CCOC1CCCN(C(=O)c2ccoc2Cl)C1. The summed E-state index contributed by atoms with van der Waals surface area (Å²) in [4.78, 5) is 13.9. The number of hydrogen-bond donors (Lipinski definition) is 0. The van der Waals surface area contributed by atoms with E-state index in [0.717, 1.165) is 19.4 Å². The minimum atomic E-state index is -0.0758. The summed E-state index contributed by atoms with van der Waals surface area (Å²) >= 11 is 5.81. The van der Waals surface area contributed by atoms with Gasteiger partial charge in [0.25, 0.3) is 5.91 Å². The van der Waals surface area contributed by atoms with Gasteiger partial charge in [0.15, 0.2) is 0 Å². The third kappa shape index (κ3) is 2.82. The van der Waals surface area contributed by atoms with E-state index in [1.165, 1.54) is 6.26 Å². The summed E-state index contributed by atoms with van der Waals surface area (Å²) in [5, 5.41) is 0.161. The molecule has 1 unspecified atom stereocenters. The second kappa shape index (κ2) is 5.56. The Morgan fingerprint density at radius 3 is 3.18 bits per heavy atom. The number of furan rings is 1. The summed E-state index contributed by atoms with van der Waals surface area (Å²) in [5.74, 6) is -0.0758. The Morgan fingerprint density at radius 1 is 1.71 bits per heavy atom. The van der Waals surface area contributed by atoms with Gasteiger partial charge < -0.3 is 14.1 Å². The van der Waals surface area contributed by atoms with E-state index in [9.17, 15) is 4.79 Å². The highest BCUT2D eigenvalue weighted by Crippen LogP contribution is 2.21. The predicted octanol–water partition coefficient (Wildman–Crippen LogP) is 2.57. The van der Waals surface area contributed by atoms with Crippen molar-refractivity contribution in [3.8, 4) is 0 Å². The van der Waals surface area contributed by atoms with Gasteiger partial charge in [-0.15, -0.1) is 0 Å². The number of piperidine rings is 1. The van der Waals surface area contributed by atoms with Gasteiger partial charge in [-0.2, -0.15) is 0 Å². The lowest BCUT2D eigenvalue weighted by Crippen LogP contribution is -2.43.